The van der Waals surface area contributed by atoms with Gasteiger partial charge in [-0.05, 0) is 66.4 Å². The van der Waals surface area contributed by atoms with E-state index in [0.29, 0.717) is 15.0 Å². The topological polar surface area (TPSA) is 29.1 Å². The number of rotatable bonds is 8. The van der Waals surface area contributed by atoms with E-state index in [9.17, 15) is 4.79 Å². The average molecular weight is 573 g/mol. The van der Waals surface area contributed by atoms with E-state index < -0.39 is 7.26 Å². The van der Waals surface area contributed by atoms with Crippen LogP contribution in [-0.4, -0.2) is 11.7 Å². The van der Waals surface area contributed by atoms with E-state index in [2.05, 4.69) is 48.6 Å². The van der Waals surface area contributed by atoms with Crippen LogP contribution in [0.1, 0.15) is 17.3 Å². The first-order valence-corrected chi connectivity index (χ1v) is 14.8. The Morgan fingerprint density at radius 2 is 1.17 bits per heavy atom. The second-order valence-electron chi connectivity index (χ2n) is 7.69. The molecule has 0 unspecified atom stereocenters. The van der Waals surface area contributed by atoms with E-state index >= 15 is 0 Å². The standard InChI is InChI=1S/C29H24Cl2NOPS.ClH/c1-2-35-27(31)29(32-28(33)22-18-20-23(30)21-19-22)34(24-12-6-3-7-13-24,25-14-8-4-9-15-25)26-16-10-5-11-17-26;/h3-21H,2H2,1H3;1H. The molecule has 0 atom stereocenters. The molecule has 0 radical (unpaired) electrons. The van der Waals surface area contributed by atoms with Crippen molar-refractivity contribution in [1.29, 1.82) is 0 Å². The molecule has 0 saturated heterocycles. The number of benzene rings is 4. The lowest BCUT2D eigenvalue weighted by Crippen LogP contribution is -3.00. The zero-order valence-corrected chi connectivity index (χ0v) is 23.6. The van der Waals surface area contributed by atoms with Gasteiger partial charge >= 0.3 is 0 Å². The Kier molecular flexibility index (Phi) is 10.5. The van der Waals surface area contributed by atoms with Crippen LogP contribution >= 0.6 is 42.2 Å². The molecule has 0 aliphatic rings. The molecule has 4 aromatic carbocycles. The normalized spacial score (nSPS) is 11.8. The first kappa shape index (κ1) is 28.3. The minimum Gasteiger partial charge on any atom is -1.00 e. The van der Waals surface area contributed by atoms with Gasteiger partial charge in [0, 0.05) is 10.6 Å². The summed E-state index contributed by atoms with van der Waals surface area (Å²) in [7, 11) is -2.56. The predicted molar refractivity (Wildman–Crippen MR) is 155 cm³/mol. The fourth-order valence-electron chi connectivity index (χ4n) is 4.03. The largest absolute Gasteiger partial charge is 1.00 e. The van der Waals surface area contributed by atoms with Gasteiger partial charge in [0.15, 0.2) is 7.26 Å². The highest BCUT2D eigenvalue weighted by molar-refractivity contribution is 8.06. The van der Waals surface area contributed by atoms with Crippen molar-refractivity contribution >= 4 is 64.0 Å². The minimum absolute atomic E-state index is 0. The molecule has 184 valence electrons. The van der Waals surface area contributed by atoms with Gasteiger partial charge < -0.3 is 12.4 Å². The highest BCUT2D eigenvalue weighted by Gasteiger charge is 2.52. The Balaban J connectivity index is 0.00000361. The van der Waals surface area contributed by atoms with Gasteiger partial charge in [-0.15, -0.1) is 11.8 Å². The quantitative estimate of drug-likeness (QED) is 0.321. The van der Waals surface area contributed by atoms with Crippen molar-refractivity contribution in [3.05, 3.63) is 136 Å². The van der Waals surface area contributed by atoms with Crippen molar-refractivity contribution in [3.8, 4) is 0 Å². The second-order valence-corrected chi connectivity index (χ2v) is 13.3. The maximum absolute atomic E-state index is 13.6. The van der Waals surface area contributed by atoms with Crippen molar-refractivity contribution < 1.29 is 17.2 Å². The Hall–Kier alpha value is -2.26. The van der Waals surface area contributed by atoms with Crippen molar-refractivity contribution in [1.82, 2.24) is 5.32 Å². The van der Waals surface area contributed by atoms with Crippen LogP contribution in [-0.2, 0) is 0 Å². The monoisotopic (exact) mass is 571 g/mol. The van der Waals surface area contributed by atoms with Gasteiger partial charge in [0.05, 0.1) is 0 Å². The Morgan fingerprint density at radius 1 is 0.750 bits per heavy atom. The van der Waals surface area contributed by atoms with E-state index in [-0.39, 0.29) is 18.3 Å². The fourth-order valence-corrected chi connectivity index (χ4v) is 10.0. The lowest BCUT2D eigenvalue weighted by atomic mass is 10.2. The molecule has 0 spiro atoms. The summed E-state index contributed by atoms with van der Waals surface area (Å²) in [5.41, 5.74) is 1.25. The van der Waals surface area contributed by atoms with E-state index in [0.717, 1.165) is 27.1 Å². The van der Waals surface area contributed by atoms with Crippen molar-refractivity contribution in [3.63, 3.8) is 0 Å². The van der Waals surface area contributed by atoms with Gasteiger partial charge in [-0.25, -0.2) is 0 Å². The first-order chi connectivity index (χ1) is 17.1. The Bertz CT molecular complexity index is 1200. The van der Waals surface area contributed by atoms with Crippen LogP contribution in [0.5, 0.6) is 0 Å². The summed E-state index contributed by atoms with van der Waals surface area (Å²) < 4.78 is 0.583. The van der Waals surface area contributed by atoms with Gasteiger partial charge in [0.2, 0.25) is 5.44 Å². The van der Waals surface area contributed by atoms with Crippen LogP contribution < -0.4 is 33.6 Å². The summed E-state index contributed by atoms with van der Waals surface area (Å²) in [6.45, 7) is 2.05. The number of thioether (sulfide) groups is 1. The molecule has 0 aliphatic heterocycles. The van der Waals surface area contributed by atoms with E-state index in [1.807, 2.05) is 54.6 Å². The summed E-state index contributed by atoms with van der Waals surface area (Å²) in [6.07, 6.45) is 0. The molecule has 0 saturated carbocycles. The molecule has 1 N–H and O–H groups in total. The third kappa shape index (κ3) is 5.99. The van der Waals surface area contributed by atoms with E-state index in [1.165, 1.54) is 11.8 Å². The third-order valence-electron chi connectivity index (χ3n) is 5.56. The Morgan fingerprint density at radius 3 is 1.56 bits per heavy atom. The molecule has 0 heterocycles. The van der Waals surface area contributed by atoms with Crippen LogP contribution in [0.25, 0.3) is 0 Å². The summed E-state index contributed by atoms with van der Waals surface area (Å²) in [6, 6.07) is 37.9. The van der Waals surface area contributed by atoms with Crippen LogP contribution in [0.2, 0.25) is 5.02 Å². The van der Waals surface area contributed by atoms with Crippen LogP contribution in [0.15, 0.2) is 125 Å². The number of nitrogens with one attached hydrogen (secondary N) is 1. The summed E-state index contributed by atoms with van der Waals surface area (Å²) in [4.78, 5) is 13.6. The summed E-state index contributed by atoms with van der Waals surface area (Å²) in [5.74, 6) is 0.552. The fraction of sp³-hybridized carbons (Fsp3) is 0.0690. The average Bonchev–Trinajstić information content (AvgIpc) is 2.91. The number of halogens is 3. The predicted octanol–water partition coefficient (Wildman–Crippen LogP) is 4.19. The van der Waals surface area contributed by atoms with Gasteiger partial charge in [-0.1, -0.05) is 84.7 Å². The molecule has 36 heavy (non-hydrogen) atoms. The molecular weight excluding hydrogens is 548 g/mol. The first-order valence-electron chi connectivity index (χ1n) is 11.2. The van der Waals surface area contributed by atoms with Gasteiger partial charge in [-0.2, -0.15) is 0 Å². The molecule has 0 aromatic heterocycles. The van der Waals surface area contributed by atoms with Gasteiger partial charge in [-0.3, -0.25) is 10.1 Å². The minimum atomic E-state index is -2.56. The highest BCUT2D eigenvalue weighted by atomic mass is 35.5. The van der Waals surface area contributed by atoms with Crippen LogP contribution in [0.3, 0.4) is 0 Å². The lowest BCUT2D eigenvalue weighted by molar-refractivity contribution is -0.0000148. The number of carbonyl (C=O) groups is 1. The maximum Gasteiger partial charge on any atom is 0.258 e. The smallest absolute Gasteiger partial charge is 0.258 e. The summed E-state index contributed by atoms with van der Waals surface area (Å²) >= 11 is 14.7. The number of amides is 1. The van der Waals surface area contributed by atoms with E-state index in [1.54, 1.807) is 24.3 Å². The van der Waals surface area contributed by atoms with Gasteiger partial charge in [0.1, 0.15) is 20.3 Å². The van der Waals surface area contributed by atoms with Crippen LogP contribution in [0, 0.1) is 0 Å². The Labute approximate surface area is 233 Å². The second kappa shape index (κ2) is 13.3. The van der Waals surface area contributed by atoms with Crippen LogP contribution in [0.4, 0.5) is 0 Å². The molecule has 1 amide bonds. The van der Waals surface area contributed by atoms with Gasteiger partial charge in [0.25, 0.3) is 5.91 Å². The highest BCUT2D eigenvalue weighted by Crippen LogP contribution is 2.63. The molecule has 0 bridgehead atoms. The number of hydrogen-bond acceptors (Lipinski definition) is 2. The summed E-state index contributed by atoms with van der Waals surface area (Å²) in [5, 5.41) is 7.18. The molecule has 0 fully saturated rings. The zero-order chi connectivity index (χ0) is 24.7. The molecule has 7 heteroatoms. The number of carbonyl (C=O) groups excluding carboxylic acids is 1. The molecule has 2 nitrogen and oxygen atoms in total. The molecule has 4 aromatic rings. The number of hydrogen-bond donors (Lipinski definition) is 1. The third-order valence-corrected chi connectivity index (χ3v) is 11.6. The van der Waals surface area contributed by atoms with E-state index in [4.69, 9.17) is 23.2 Å². The molecule has 0 aliphatic carbocycles. The molecule has 4 rings (SSSR count). The molecular formula is C29H25Cl3NOPS. The SMILES string of the molecule is CCSC(Cl)=C(NC(=O)c1ccc(Cl)cc1)[P+](c1ccccc1)(c1ccccc1)c1ccccc1.[Cl-]. The zero-order valence-electron chi connectivity index (χ0n) is 19.6. The van der Waals surface area contributed by atoms with Crippen molar-refractivity contribution in [2.45, 2.75) is 6.92 Å². The van der Waals surface area contributed by atoms with Crippen molar-refractivity contribution in [2.75, 3.05) is 5.75 Å². The van der Waals surface area contributed by atoms with Crippen molar-refractivity contribution in [2.24, 2.45) is 0 Å². The maximum atomic E-state index is 13.6. The lowest BCUT2D eigenvalue weighted by Gasteiger charge is -2.30.